The lowest BCUT2D eigenvalue weighted by Crippen LogP contribution is -2.38. The second kappa shape index (κ2) is 7.58. The highest BCUT2D eigenvalue weighted by Gasteiger charge is 2.16. The van der Waals surface area contributed by atoms with Crippen LogP contribution in [0.4, 0.5) is 0 Å². The molecule has 2 aromatic carbocycles. The zero-order chi connectivity index (χ0) is 18.5. The molecule has 26 heavy (non-hydrogen) atoms. The van der Waals surface area contributed by atoms with E-state index >= 15 is 0 Å². The molecule has 4 N–H and O–H groups in total. The summed E-state index contributed by atoms with van der Waals surface area (Å²) in [5.74, 6) is 5.93. The lowest BCUT2D eigenvalue weighted by molar-refractivity contribution is -0.117. The Kier molecular flexibility index (Phi) is 5.04. The molecule has 0 fully saturated rings. The standard InChI is InChI=1S/C18H17N3O5/c1-24-13-5-3-12(4-6-13)17(22)20-14(18(23)21-19)8-11-2-7-15-16(9-11)26-10-25-15/h2-9H,10,19H2,1H3,(H,20,22)(H,21,23). The van der Waals surface area contributed by atoms with Gasteiger partial charge >= 0.3 is 0 Å². The van der Waals surface area contributed by atoms with Crippen molar-refractivity contribution in [3.8, 4) is 17.2 Å². The minimum Gasteiger partial charge on any atom is -0.497 e. The number of benzene rings is 2. The van der Waals surface area contributed by atoms with Crippen molar-refractivity contribution < 1.29 is 23.8 Å². The number of nitrogens with one attached hydrogen (secondary N) is 2. The number of amides is 2. The Morgan fingerprint density at radius 2 is 1.85 bits per heavy atom. The van der Waals surface area contributed by atoms with Gasteiger partial charge in [0.2, 0.25) is 6.79 Å². The van der Waals surface area contributed by atoms with Crippen LogP contribution in [0.1, 0.15) is 15.9 Å². The van der Waals surface area contributed by atoms with Crippen molar-refractivity contribution >= 4 is 17.9 Å². The van der Waals surface area contributed by atoms with Gasteiger partial charge in [0.05, 0.1) is 7.11 Å². The molecule has 0 atom stereocenters. The second-order valence-electron chi connectivity index (χ2n) is 5.33. The summed E-state index contributed by atoms with van der Waals surface area (Å²) in [5.41, 5.74) is 3.02. The van der Waals surface area contributed by atoms with E-state index in [0.29, 0.717) is 28.4 Å². The van der Waals surface area contributed by atoms with Crippen LogP contribution in [0, 0.1) is 0 Å². The average molecular weight is 355 g/mol. The first-order chi connectivity index (χ1) is 12.6. The molecular weight excluding hydrogens is 338 g/mol. The third-order valence-electron chi connectivity index (χ3n) is 3.68. The Bertz CT molecular complexity index is 862. The monoisotopic (exact) mass is 355 g/mol. The normalized spacial score (nSPS) is 12.5. The van der Waals surface area contributed by atoms with E-state index in [4.69, 9.17) is 20.1 Å². The number of ether oxygens (including phenoxy) is 3. The molecular formula is C18H17N3O5. The maximum atomic E-state index is 12.4. The Hall–Kier alpha value is -3.52. The molecule has 0 bridgehead atoms. The van der Waals surface area contributed by atoms with Crippen LogP contribution in [0.2, 0.25) is 0 Å². The topological polar surface area (TPSA) is 112 Å². The fraction of sp³-hybridized carbons (Fsp3) is 0.111. The van der Waals surface area contributed by atoms with E-state index in [1.165, 1.54) is 13.2 Å². The summed E-state index contributed by atoms with van der Waals surface area (Å²) in [4.78, 5) is 24.4. The molecule has 2 aromatic rings. The van der Waals surface area contributed by atoms with E-state index in [2.05, 4.69) is 5.32 Å². The molecule has 0 radical (unpaired) electrons. The van der Waals surface area contributed by atoms with Crippen LogP contribution >= 0.6 is 0 Å². The lowest BCUT2D eigenvalue weighted by Gasteiger charge is -2.09. The molecule has 0 spiro atoms. The number of carbonyl (C=O) groups is 2. The second-order valence-corrected chi connectivity index (χ2v) is 5.33. The molecule has 0 aliphatic carbocycles. The van der Waals surface area contributed by atoms with Gasteiger partial charge in [0.25, 0.3) is 11.8 Å². The molecule has 1 aliphatic rings. The Labute approximate surface area is 149 Å². The SMILES string of the molecule is COc1ccc(C(=O)NC(=Cc2ccc3c(c2)OCO3)C(=O)NN)cc1. The predicted molar refractivity (Wildman–Crippen MR) is 93.3 cm³/mol. The van der Waals surface area contributed by atoms with Crippen molar-refractivity contribution in [3.05, 3.63) is 59.3 Å². The van der Waals surface area contributed by atoms with Gasteiger partial charge in [-0.15, -0.1) is 0 Å². The number of rotatable bonds is 5. The molecule has 8 heteroatoms. The van der Waals surface area contributed by atoms with Crippen molar-refractivity contribution in [1.29, 1.82) is 0 Å². The molecule has 134 valence electrons. The third-order valence-corrected chi connectivity index (χ3v) is 3.68. The van der Waals surface area contributed by atoms with Gasteiger partial charge in [-0.1, -0.05) is 6.07 Å². The van der Waals surface area contributed by atoms with Crippen LogP contribution in [-0.2, 0) is 4.79 Å². The minimum absolute atomic E-state index is 0.00724. The molecule has 0 saturated carbocycles. The summed E-state index contributed by atoms with van der Waals surface area (Å²) in [5, 5.41) is 2.55. The predicted octanol–water partition coefficient (Wildman–Crippen LogP) is 1.18. The van der Waals surface area contributed by atoms with E-state index < -0.39 is 11.8 Å². The number of carbonyl (C=O) groups excluding carboxylic acids is 2. The van der Waals surface area contributed by atoms with E-state index in [-0.39, 0.29) is 12.5 Å². The van der Waals surface area contributed by atoms with Crippen molar-refractivity contribution in [2.24, 2.45) is 5.84 Å². The molecule has 0 aromatic heterocycles. The fourth-order valence-electron chi connectivity index (χ4n) is 2.34. The summed E-state index contributed by atoms with van der Waals surface area (Å²) < 4.78 is 15.6. The number of hydrazine groups is 1. The van der Waals surface area contributed by atoms with E-state index in [9.17, 15) is 9.59 Å². The molecule has 2 amide bonds. The van der Waals surface area contributed by atoms with Crippen LogP contribution in [0.25, 0.3) is 6.08 Å². The Balaban J connectivity index is 1.83. The molecule has 0 unspecified atom stereocenters. The van der Waals surface area contributed by atoms with E-state index in [1.807, 2.05) is 5.43 Å². The van der Waals surface area contributed by atoms with Crippen molar-refractivity contribution in [2.75, 3.05) is 13.9 Å². The first-order valence-electron chi connectivity index (χ1n) is 7.68. The van der Waals surface area contributed by atoms with Gasteiger partial charge in [-0.05, 0) is 48.0 Å². The van der Waals surface area contributed by atoms with Gasteiger partial charge in [0, 0.05) is 5.56 Å². The number of hydrogen-bond donors (Lipinski definition) is 3. The van der Waals surface area contributed by atoms with Crippen LogP contribution in [0.3, 0.4) is 0 Å². The largest absolute Gasteiger partial charge is 0.497 e. The van der Waals surface area contributed by atoms with Crippen LogP contribution in [0.15, 0.2) is 48.2 Å². The Morgan fingerprint density at radius 3 is 2.54 bits per heavy atom. The molecule has 3 rings (SSSR count). The summed E-state index contributed by atoms with van der Waals surface area (Å²) >= 11 is 0. The fourth-order valence-corrected chi connectivity index (χ4v) is 2.34. The minimum atomic E-state index is -0.635. The Morgan fingerprint density at radius 1 is 1.12 bits per heavy atom. The van der Waals surface area contributed by atoms with Gasteiger partial charge in [-0.25, -0.2) is 5.84 Å². The van der Waals surface area contributed by atoms with E-state index in [0.717, 1.165) is 0 Å². The third kappa shape index (κ3) is 3.76. The zero-order valence-electron chi connectivity index (χ0n) is 13.9. The summed E-state index contributed by atoms with van der Waals surface area (Å²) in [6, 6.07) is 11.6. The smallest absolute Gasteiger partial charge is 0.281 e. The van der Waals surface area contributed by atoms with Crippen molar-refractivity contribution in [3.63, 3.8) is 0 Å². The molecule has 1 heterocycles. The maximum absolute atomic E-state index is 12.4. The zero-order valence-corrected chi connectivity index (χ0v) is 13.9. The van der Waals surface area contributed by atoms with Gasteiger partial charge in [-0.3, -0.25) is 15.0 Å². The highest BCUT2D eigenvalue weighted by Crippen LogP contribution is 2.33. The van der Waals surface area contributed by atoms with Gasteiger partial charge < -0.3 is 19.5 Å². The molecule has 1 aliphatic heterocycles. The first-order valence-corrected chi connectivity index (χ1v) is 7.68. The quantitative estimate of drug-likeness (QED) is 0.321. The average Bonchev–Trinajstić information content (AvgIpc) is 3.14. The first kappa shape index (κ1) is 17.3. The van der Waals surface area contributed by atoms with Gasteiger partial charge in [0.15, 0.2) is 11.5 Å². The number of fused-ring (bicyclic) bond motifs is 1. The highest BCUT2D eigenvalue weighted by atomic mass is 16.7. The number of methoxy groups -OCH3 is 1. The summed E-state index contributed by atoms with van der Waals surface area (Å²) in [7, 11) is 1.53. The van der Waals surface area contributed by atoms with Crippen LogP contribution in [-0.4, -0.2) is 25.7 Å². The van der Waals surface area contributed by atoms with Crippen LogP contribution < -0.4 is 30.8 Å². The van der Waals surface area contributed by atoms with Gasteiger partial charge in [-0.2, -0.15) is 0 Å². The van der Waals surface area contributed by atoms with Crippen molar-refractivity contribution in [1.82, 2.24) is 10.7 Å². The van der Waals surface area contributed by atoms with Crippen LogP contribution in [0.5, 0.6) is 17.2 Å². The maximum Gasteiger partial charge on any atom is 0.281 e. The number of nitrogens with two attached hydrogens (primary N) is 1. The highest BCUT2D eigenvalue weighted by molar-refractivity contribution is 6.05. The number of hydrogen-bond acceptors (Lipinski definition) is 6. The molecule has 0 saturated heterocycles. The van der Waals surface area contributed by atoms with Crippen molar-refractivity contribution in [2.45, 2.75) is 0 Å². The summed E-state index contributed by atoms with van der Waals surface area (Å²) in [6.45, 7) is 0.146. The summed E-state index contributed by atoms with van der Waals surface area (Å²) in [6.07, 6.45) is 1.49. The van der Waals surface area contributed by atoms with E-state index in [1.54, 1.807) is 42.5 Å². The molecule has 8 nitrogen and oxygen atoms in total. The van der Waals surface area contributed by atoms with Gasteiger partial charge in [0.1, 0.15) is 11.4 Å². The lowest BCUT2D eigenvalue weighted by atomic mass is 10.1.